The van der Waals surface area contributed by atoms with Crippen LogP contribution in [-0.4, -0.2) is 46.5 Å². The lowest BCUT2D eigenvalue weighted by atomic mass is 10.0. The van der Waals surface area contributed by atoms with Gasteiger partial charge in [-0.3, -0.25) is 14.9 Å². The number of likely N-dealkylation sites (tertiary alicyclic amines) is 1. The molecule has 2 amide bonds. The summed E-state index contributed by atoms with van der Waals surface area (Å²) < 4.78 is 38.5. The Morgan fingerprint density at radius 1 is 1.26 bits per heavy atom. The molecule has 0 aromatic heterocycles. The first-order valence-electron chi connectivity index (χ1n) is 10.9. The van der Waals surface area contributed by atoms with E-state index in [0.29, 0.717) is 30.8 Å². The van der Waals surface area contributed by atoms with Crippen LogP contribution in [0.1, 0.15) is 56.6 Å². The number of benzene rings is 1. The molecule has 1 atom stereocenters. The Kier molecular flexibility index (Phi) is 7.91. The number of nitrogens with zero attached hydrogens (tertiary/aromatic N) is 1. The molecule has 1 spiro atoms. The Bertz CT molecular complexity index is 780. The lowest BCUT2D eigenvalue weighted by Crippen LogP contribution is -2.54. The summed E-state index contributed by atoms with van der Waals surface area (Å²) in [6.07, 6.45) is 0.859. The van der Waals surface area contributed by atoms with Crippen LogP contribution in [0.5, 0.6) is 0 Å². The SMILES string of the molecule is CCCCCC(=O)N1CCC2(CC1)NC(C(=O)NCc1cccc(C(F)(F)F)c1)CS2. The highest BCUT2D eigenvalue weighted by Gasteiger charge is 2.44. The monoisotopic (exact) mass is 457 g/mol. The van der Waals surface area contributed by atoms with Gasteiger partial charge < -0.3 is 10.2 Å². The lowest BCUT2D eigenvalue weighted by molar-refractivity contribution is -0.137. The van der Waals surface area contributed by atoms with Crippen LogP contribution in [0.2, 0.25) is 0 Å². The van der Waals surface area contributed by atoms with Crippen molar-refractivity contribution in [3.8, 4) is 0 Å². The number of alkyl halides is 3. The van der Waals surface area contributed by atoms with Gasteiger partial charge >= 0.3 is 6.18 Å². The Labute approximate surface area is 185 Å². The van der Waals surface area contributed by atoms with Crippen molar-refractivity contribution in [3.63, 3.8) is 0 Å². The summed E-state index contributed by atoms with van der Waals surface area (Å²) in [7, 11) is 0. The minimum atomic E-state index is -4.40. The van der Waals surface area contributed by atoms with Crippen LogP contribution >= 0.6 is 11.8 Å². The number of halogens is 3. The Hall–Kier alpha value is -1.74. The molecule has 0 radical (unpaired) electrons. The second kappa shape index (κ2) is 10.3. The van der Waals surface area contributed by atoms with Crippen molar-refractivity contribution in [1.29, 1.82) is 0 Å². The molecular weight excluding hydrogens is 427 g/mol. The number of hydrogen-bond acceptors (Lipinski definition) is 4. The molecule has 0 bridgehead atoms. The van der Waals surface area contributed by atoms with Gasteiger partial charge in [-0.1, -0.05) is 31.9 Å². The molecule has 172 valence electrons. The van der Waals surface area contributed by atoms with E-state index < -0.39 is 11.7 Å². The highest BCUT2D eigenvalue weighted by Crippen LogP contribution is 2.39. The average Bonchev–Trinajstić information content (AvgIpc) is 3.16. The number of unbranched alkanes of at least 4 members (excludes halogenated alkanes) is 2. The number of rotatable bonds is 7. The number of piperidine rings is 1. The van der Waals surface area contributed by atoms with Crippen molar-refractivity contribution in [3.05, 3.63) is 35.4 Å². The van der Waals surface area contributed by atoms with Crippen molar-refractivity contribution < 1.29 is 22.8 Å². The second-order valence-electron chi connectivity index (χ2n) is 8.26. The molecule has 1 aromatic carbocycles. The van der Waals surface area contributed by atoms with E-state index >= 15 is 0 Å². The maximum atomic E-state index is 12.8. The molecule has 1 unspecified atom stereocenters. The van der Waals surface area contributed by atoms with Crippen molar-refractivity contribution in [2.75, 3.05) is 18.8 Å². The Balaban J connectivity index is 1.46. The first kappa shape index (κ1) is 23.9. The predicted octanol–water partition coefficient (Wildman–Crippen LogP) is 3.93. The number of amides is 2. The fraction of sp³-hybridized carbons (Fsp3) is 0.636. The van der Waals surface area contributed by atoms with Crippen molar-refractivity contribution >= 4 is 23.6 Å². The van der Waals surface area contributed by atoms with E-state index in [-0.39, 0.29) is 29.3 Å². The lowest BCUT2D eigenvalue weighted by Gasteiger charge is -2.39. The van der Waals surface area contributed by atoms with Crippen LogP contribution in [0.3, 0.4) is 0 Å². The number of carbonyl (C=O) groups is 2. The summed E-state index contributed by atoms with van der Waals surface area (Å²) in [5.41, 5.74) is -0.304. The van der Waals surface area contributed by atoms with Gasteiger partial charge in [-0.05, 0) is 37.0 Å². The molecule has 1 aromatic rings. The maximum absolute atomic E-state index is 12.8. The molecule has 5 nitrogen and oxygen atoms in total. The Morgan fingerprint density at radius 2 is 2.00 bits per heavy atom. The second-order valence-corrected chi connectivity index (χ2v) is 9.66. The first-order valence-corrected chi connectivity index (χ1v) is 11.8. The molecule has 0 saturated carbocycles. The van der Waals surface area contributed by atoms with Crippen molar-refractivity contribution in [1.82, 2.24) is 15.5 Å². The maximum Gasteiger partial charge on any atom is 0.416 e. The number of hydrogen-bond donors (Lipinski definition) is 2. The third-order valence-electron chi connectivity index (χ3n) is 5.92. The molecule has 9 heteroatoms. The summed E-state index contributed by atoms with van der Waals surface area (Å²) in [6, 6.07) is 4.61. The van der Waals surface area contributed by atoms with Gasteiger partial charge in [0, 0.05) is 31.8 Å². The van der Waals surface area contributed by atoms with E-state index in [4.69, 9.17) is 0 Å². The topological polar surface area (TPSA) is 61.4 Å². The van der Waals surface area contributed by atoms with Gasteiger partial charge in [0.2, 0.25) is 11.8 Å². The van der Waals surface area contributed by atoms with E-state index in [1.807, 2.05) is 4.90 Å². The zero-order valence-electron chi connectivity index (χ0n) is 17.8. The van der Waals surface area contributed by atoms with E-state index in [0.717, 1.165) is 44.2 Å². The third kappa shape index (κ3) is 6.38. The molecule has 2 N–H and O–H groups in total. The molecule has 2 fully saturated rings. The third-order valence-corrected chi connectivity index (χ3v) is 7.50. The summed E-state index contributed by atoms with van der Waals surface area (Å²) >= 11 is 1.71. The molecule has 2 saturated heterocycles. The molecule has 2 aliphatic heterocycles. The van der Waals surface area contributed by atoms with Crippen LogP contribution in [0.4, 0.5) is 13.2 Å². The van der Waals surface area contributed by atoms with Crippen LogP contribution in [0, 0.1) is 0 Å². The molecule has 0 aliphatic carbocycles. The van der Waals surface area contributed by atoms with Gasteiger partial charge in [-0.15, -0.1) is 11.8 Å². The standard InChI is InChI=1S/C22H30F3N3O2S/c1-2-3-4-8-19(29)28-11-9-21(10-12-28)27-18(15-31-21)20(30)26-14-16-6-5-7-17(13-16)22(23,24)25/h5-7,13,18,27H,2-4,8-12,14-15H2,1H3,(H,26,30). The highest BCUT2D eigenvalue weighted by molar-refractivity contribution is 8.01. The van der Waals surface area contributed by atoms with Crippen LogP contribution < -0.4 is 10.6 Å². The van der Waals surface area contributed by atoms with Crippen molar-refractivity contribution in [2.45, 2.75) is 69.1 Å². The van der Waals surface area contributed by atoms with Crippen LogP contribution in [0.25, 0.3) is 0 Å². The van der Waals surface area contributed by atoms with Crippen molar-refractivity contribution in [2.24, 2.45) is 0 Å². The van der Waals surface area contributed by atoms with Gasteiger partial charge in [0.05, 0.1) is 16.5 Å². The first-order chi connectivity index (χ1) is 14.7. The van der Waals surface area contributed by atoms with E-state index in [1.54, 1.807) is 17.8 Å². The summed E-state index contributed by atoms with van der Waals surface area (Å²) in [4.78, 5) is 26.6. The van der Waals surface area contributed by atoms with E-state index in [2.05, 4.69) is 17.6 Å². The minimum Gasteiger partial charge on any atom is -0.351 e. The minimum absolute atomic E-state index is 0.0542. The number of carbonyl (C=O) groups excluding carboxylic acids is 2. The summed E-state index contributed by atoms with van der Waals surface area (Å²) in [5.74, 6) is 0.611. The zero-order valence-corrected chi connectivity index (χ0v) is 18.6. The fourth-order valence-corrected chi connectivity index (χ4v) is 5.46. The normalized spacial score (nSPS) is 20.8. The van der Waals surface area contributed by atoms with Gasteiger partial charge in [0.25, 0.3) is 0 Å². The summed E-state index contributed by atoms with van der Waals surface area (Å²) in [5, 5.41) is 6.17. The summed E-state index contributed by atoms with van der Waals surface area (Å²) in [6.45, 7) is 3.54. The molecule has 2 aliphatic rings. The van der Waals surface area contributed by atoms with Gasteiger partial charge in [-0.25, -0.2) is 0 Å². The molecule has 31 heavy (non-hydrogen) atoms. The molecule has 2 heterocycles. The van der Waals surface area contributed by atoms with Gasteiger partial charge in [0.1, 0.15) is 0 Å². The number of nitrogens with one attached hydrogen (secondary N) is 2. The highest BCUT2D eigenvalue weighted by atomic mass is 32.2. The zero-order chi connectivity index (χ0) is 22.5. The van der Waals surface area contributed by atoms with Crippen LogP contribution in [0.15, 0.2) is 24.3 Å². The van der Waals surface area contributed by atoms with Crippen LogP contribution in [-0.2, 0) is 22.3 Å². The molecular formula is C22H30F3N3O2S. The quantitative estimate of drug-likeness (QED) is 0.610. The fourth-order valence-electron chi connectivity index (χ4n) is 4.05. The van der Waals surface area contributed by atoms with Gasteiger partial charge in [0.15, 0.2) is 0 Å². The van der Waals surface area contributed by atoms with Gasteiger partial charge in [-0.2, -0.15) is 13.2 Å². The average molecular weight is 458 g/mol. The predicted molar refractivity (Wildman–Crippen MR) is 115 cm³/mol. The largest absolute Gasteiger partial charge is 0.416 e. The van der Waals surface area contributed by atoms with E-state index in [1.165, 1.54) is 6.07 Å². The number of thioether (sulfide) groups is 1. The molecule has 3 rings (SSSR count). The van der Waals surface area contributed by atoms with E-state index in [9.17, 15) is 22.8 Å². The Morgan fingerprint density at radius 3 is 2.68 bits per heavy atom. The smallest absolute Gasteiger partial charge is 0.351 e.